The van der Waals surface area contributed by atoms with Crippen LogP contribution in [0.3, 0.4) is 0 Å². The van der Waals surface area contributed by atoms with Gasteiger partial charge in [-0.2, -0.15) is 0 Å². The van der Waals surface area contributed by atoms with Crippen LogP contribution >= 0.6 is 24.8 Å². The van der Waals surface area contributed by atoms with Crippen LogP contribution in [0.25, 0.3) is 0 Å². The van der Waals surface area contributed by atoms with E-state index in [-0.39, 0.29) is 42.2 Å². The number of hydrogen-bond donors (Lipinski definition) is 2. The second kappa shape index (κ2) is 8.86. The molecule has 0 radical (unpaired) electrons. The lowest BCUT2D eigenvalue weighted by Gasteiger charge is -2.38. The smallest absolute Gasteiger partial charge is 0.228 e. The summed E-state index contributed by atoms with van der Waals surface area (Å²) in [6.45, 7) is 3.95. The van der Waals surface area contributed by atoms with Crippen LogP contribution in [0.15, 0.2) is 24.5 Å². The third-order valence-corrected chi connectivity index (χ3v) is 5.16. The van der Waals surface area contributed by atoms with E-state index in [0.717, 1.165) is 25.9 Å². The van der Waals surface area contributed by atoms with Gasteiger partial charge >= 0.3 is 0 Å². The Hall–Kier alpha value is -0.840. The maximum atomic E-state index is 12.8. The van der Waals surface area contributed by atoms with Crippen LogP contribution in [0.2, 0.25) is 0 Å². The van der Waals surface area contributed by atoms with E-state index in [1.165, 1.54) is 24.8 Å². The lowest BCUT2D eigenvalue weighted by Crippen LogP contribution is -2.50. The van der Waals surface area contributed by atoms with Crippen molar-refractivity contribution in [3.63, 3.8) is 0 Å². The van der Waals surface area contributed by atoms with Gasteiger partial charge in [-0.15, -0.1) is 24.8 Å². The number of fused-ring (bicyclic) bond motifs is 1. The second-order valence-corrected chi connectivity index (χ2v) is 6.66. The quantitative estimate of drug-likeness (QED) is 0.868. The summed E-state index contributed by atoms with van der Waals surface area (Å²) in [5, 5.41) is 6.70. The fraction of sp³-hybridized carbons (Fsp3) is 0.647. The first kappa shape index (κ1) is 20.2. The average Bonchev–Trinajstić information content (AvgIpc) is 2.93. The number of pyridine rings is 1. The molecule has 130 valence electrons. The second-order valence-electron chi connectivity index (χ2n) is 6.66. The van der Waals surface area contributed by atoms with Gasteiger partial charge in [0, 0.05) is 25.0 Å². The van der Waals surface area contributed by atoms with Gasteiger partial charge in [-0.1, -0.05) is 12.8 Å². The minimum atomic E-state index is -0.148. The predicted octanol–water partition coefficient (Wildman–Crippen LogP) is 2.75. The molecule has 4 nitrogen and oxygen atoms in total. The average molecular weight is 360 g/mol. The van der Waals surface area contributed by atoms with Crippen molar-refractivity contribution >= 4 is 30.7 Å². The first-order valence-electron chi connectivity index (χ1n) is 8.11. The molecule has 2 fully saturated rings. The molecule has 3 rings (SSSR count). The largest absolute Gasteiger partial charge is 0.353 e. The summed E-state index contributed by atoms with van der Waals surface area (Å²) in [5.41, 5.74) is 1.07. The molecule has 1 amide bonds. The molecule has 23 heavy (non-hydrogen) atoms. The van der Waals surface area contributed by atoms with Crippen molar-refractivity contribution in [1.29, 1.82) is 0 Å². The van der Waals surface area contributed by atoms with Gasteiger partial charge in [0.15, 0.2) is 0 Å². The Morgan fingerprint density at radius 1 is 1.39 bits per heavy atom. The molecular formula is C17H27Cl2N3O. The summed E-state index contributed by atoms with van der Waals surface area (Å²) in [4.78, 5) is 16.9. The molecule has 1 saturated heterocycles. The third kappa shape index (κ3) is 4.37. The molecule has 2 aliphatic rings. The summed E-state index contributed by atoms with van der Waals surface area (Å²) in [5.74, 6) is 0.790. The molecule has 6 heteroatoms. The first-order valence-corrected chi connectivity index (χ1v) is 8.11. The molecule has 0 spiro atoms. The number of halogens is 2. The minimum absolute atomic E-state index is 0. The fourth-order valence-electron chi connectivity index (χ4n) is 3.98. The van der Waals surface area contributed by atoms with Crippen molar-refractivity contribution in [1.82, 2.24) is 15.6 Å². The van der Waals surface area contributed by atoms with Crippen molar-refractivity contribution in [2.75, 3.05) is 13.1 Å². The Morgan fingerprint density at radius 2 is 2.13 bits per heavy atom. The van der Waals surface area contributed by atoms with Crippen molar-refractivity contribution in [2.24, 2.45) is 11.3 Å². The molecule has 1 aromatic heterocycles. The molecule has 2 N–H and O–H groups in total. The Bertz CT molecular complexity index is 500. The summed E-state index contributed by atoms with van der Waals surface area (Å²) >= 11 is 0. The van der Waals surface area contributed by atoms with E-state index >= 15 is 0 Å². The van der Waals surface area contributed by atoms with Crippen LogP contribution in [0.4, 0.5) is 0 Å². The summed E-state index contributed by atoms with van der Waals surface area (Å²) in [6, 6.07) is 4.20. The molecule has 1 saturated carbocycles. The Morgan fingerprint density at radius 3 is 2.87 bits per heavy atom. The Kier molecular flexibility index (Phi) is 7.78. The highest BCUT2D eigenvalue weighted by Gasteiger charge is 2.49. The highest BCUT2D eigenvalue weighted by atomic mass is 35.5. The van der Waals surface area contributed by atoms with Crippen LogP contribution in [0, 0.1) is 11.3 Å². The van der Waals surface area contributed by atoms with Gasteiger partial charge in [-0.25, -0.2) is 0 Å². The third-order valence-electron chi connectivity index (χ3n) is 5.16. The SMILES string of the molecule is CC(Cc1ccncc1)NC(=O)[C@@]12CCCC[C@H]1CNC2.Cl.Cl. The molecular weight excluding hydrogens is 333 g/mol. The molecule has 3 atom stereocenters. The van der Waals surface area contributed by atoms with Crippen molar-refractivity contribution in [3.05, 3.63) is 30.1 Å². The van der Waals surface area contributed by atoms with Crippen LogP contribution < -0.4 is 10.6 Å². The van der Waals surface area contributed by atoms with Crippen LogP contribution in [0.1, 0.15) is 38.2 Å². The van der Waals surface area contributed by atoms with Crippen LogP contribution in [-0.2, 0) is 11.2 Å². The molecule has 1 aliphatic heterocycles. The monoisotopic (exact) mass is 359 g/mol. The van der Waals surface area contributed by atoms with E-state index in [0.29, 0.717) is 5.92 Å². The van der Waals surface area contributed by atoms with E-state index in [2.05, 4.69) is 22.5 Å². The van der Waals surface area contributed by atoms with E-state index < -0.39 is 0 Å². The van der Waals surface area contributed by atoms with Gasteiger partial charge in [0.25, 0.3) is 0 Å². The van der Waals surface area contributed by atoms with E-state index in [4.69, 9.17) is 0 Å². The van der Waals surface area contributed by atoms with Crippen molar-refractivity contribution < 1.29 is 4.79 Å². The van der Waals surface area contributed by atoms with Gasteiger partial charge in [-0.05, 0) is 56.3 Å². The molecule has 1 aromatic rings. The number of nitrogens with zero attached hydrogens (tertiary/aromatic N) is 1. The topological polar surface area (TPSA) is 54.0 Å². The zero-order chi connectivity index (χ0) is 14.7. The van der Waals surface area contributed by atoms with Crippen molar-refractivity contribution in [3.8, 4) is 0 Å². The van der Waals surface area contributed by atoms with Crippen LogP contribution in [-0.4, -0.2) is 30.0 Å². The zero-order valence-electron chi connectivity index (χ0n) is 13.6. The predicted molar refractivity (Wildman–Crippen MR) is 97.3 cm³/mol. The molecule has 1 unspecified atom stereocenters. The van der Waals surface area contributed by atoms with E-state index in [1.54, 1.807) is 12.4 Å². The van der Waals surface area contributed by atoms with Gasteiger partial charge in [0.2, 0.25) is 5.91 Å². The number of amides is 1. The lowest BCUT2D eigenvalue weighted by atomic mass is 9.67. The maximum Gasteiger partial charge on any atom is 0.228 e. The molecule has 1 aliphatic carbocycles. The number of carbonyl (C=O) groups excluding carboxylic acids is 1. The number of rotatable bonds is 4. The van der Waals surface area contributed by atoms with Crippen molar-refractivity contribution in [2.45, 2.75) is 45.1 Å². The standard InChI is InChI=1S/C17H25N3O.2ClH/c1-13(10-14-5-8-18-9-6-14)20-16(21)17-7-3-2-4-15(17)11-19-12-17;;/h5-6,8-9,13,15,19H,2-4,7,10-12H2,1H3,(H,20,21);2*1H/t13?,15-,17+;;/m0../s1. The Balaban J connectivity index is 0.00000132. The van der Waals surface area contributed by atoms with Gasteiger partial charge < -0.3 is 10.6 Å². The zero-order valence-corrected chi connectivity index (χ0v) is 15.2. The highest BCUT2D eigenvalue weighted by molar-refractivity contribution is 5.85. The first-order chi connectivity index (χ1) is 10.2. The summed E-state index contributed by atoms with van der Waals surface area (Å²) in [6.07, 6.45) is 9.17. The normalized spacial score (nSPS) is 27.1. The summed E-state index contributed by atoms with van der Waals surface area (Å²) in [7, 11) is 0. The number of nitrogens with one attached hydrogen (secondary N) is 2. The number of hydrogen-bond acceptors (Lipinski definition) is 3. The molecule has 2 heterocycles. The fourth-order valence-corrected chi connectivity index (χ4v) is 3.98. The minimum Gasteiger partial charge on any atom is -0.353 e. The van der Waals surface area contributed by atoms with E-state index in [9.17, 15) is 4.79 Å². The van der Waals surface area contributed by atoms with Gasteiger partial charge in [-0.3, -0.25) is 9.78 Å². The lowest BCUT2D eigenvalue weighted by molar-refractivity contribution is -0.134. The maximum absolute atomic E-state index is 12.8. The van der Waals surface area contributed by atoms with Gasteiger partial charge in [0.1, 0.15) is 0 Å². The summed E-state index contributed by atoms with van der Waals surface area (Å²) < 4.78 is 0. The van der Waals surface area contributed by atoms with E-state index in [1.807, 2.05) is 12.1 Å². The number of carbonyl (C=O) groups is 1. The van der Waals surface area contributed by atoms with Crippen LogP contribution in [0.5, 0.6) is 0 Å². The Labute approximate surface area is 151 Å². The molecule has 0 bridgehead atoms. The highest BCUT2D eigenvalue weighted by Crippen LogP contribution is 2.43. The van der Waals surface area contributed by atoms with Gasteiger partial charge in [0.05, 0.1) is 5.41 Å². The number of aromatic nitrogens is 1. The molecule has 0 aromatic carbocycles.